The van der Waals surface area contributed by atoms with E-state index in [0.717, 1.165) is 45.9 Å². The van der Waals surface area contributed by atoms with Crippen LogP contribution in [0, 0.1) is 0 Å². The maximum atomic E-state index is 11.9. The highest BCUT2D eigenvalue weighted by atomic mass is 35.5. The standard InChI is InChI=1S/C12H25N3O2.2ClH/c1-4-17-10-9-14-5-7-15(8-6-14)11(16)12(2,3)13;;/h4-10,13H2,1-3H3;2*1H. The molecule has 0 unspecified atom stereocenters. The SMILES string of the molecule is CCOCCN1CCN(C(=O)C(C)(C)N)CC1.Cl.Cl. The van der Waals surface area contributed by atoms with Crippen molar-refractivity contribution in [3.05, 3.63) is 0 Å². The number of piperazine rings is 1. The van der Waals surface area contributed by atoms with E-state index in [1.807, 2.05) is 11.8 Å². The van der Waals surface area contributed by atoms with E-state index < -0.39 is 5.54 Å². The zero-order valence-corrected chi connectivity index (χ0v) is 13.7. The van der Waals surface area contributed by atoms with Gasteiger partial charge < -0.3 is 15.4 Å². The second-order valence-electron chi connectivity index (χ2n) is 5.05. The second kappa shape index (κ2) is 9.77. The number of amides is 1. The van der Waals surface area contributed by atoms with E-state index in [1.54, 1.807) is 13.8 Å². The predicted molar refractivity (Wildman–Crippen MR) is 82.3 cm³/mol. The first-order chi connectivity index (χ1) is 7.95. The Labute approximate surface area is 128 Å². The van der Waals surface area contributed by atoms with Crippen LogP contribution < -0.4 is 5.73 Å². The minimum Gasteiger partial charge on any atom is -0.380 e. The molecule has 116 valence electrons. The summed E-state index contributed by atoms with van der Waals surface area (Å²) in [6.45, 7) is 11.4. The lowest BCUT2D eigenvalue weighted by Crippen LogP contribution is -2.57. The highest BCUT2D eigenvalue weighted by Crippen LogP contribution is 2.08. The Balaban J connectivity index is 0. The largest absolute Gasteiger partial charge is 0.380 e. The van der Waals surface area contributed by atoms with Gasteiger partial charge in [0.2, 0.25) is 5.91 Å². The number of nitrogens with zero attached hydrogens (tertiary/aromatic N) is 2. The summed E-state index contributed by atoms with van der Waals surface area (Å²) in [5.74, 6) is 0.0435. The maximum absolute atomic E-state index is 11.9. The van der Waals surface area contributed by atoms with Gasteiger partial charge in [-0.1, -0.05) is 0 Å². The summed E-state index contributed by atoms with van der Waals surface area (Å²) in [5.41, 5.74) is 5.06. The molecule has 0 saturated carbocycles. The Morgan fingerprint density at radius 3 is 2.16 bits per heavy atom. The van der Waals surface area contributed by atoms with Crippen molar-refractivity contribution in [1.29, 1.82) is 0 Å². The average Bonchev–Trinajstić information content (AvgIpc) is 2.28. The van der Waals surface area contributed by atoms with Gasteiger partial charge in [0.05, 0.1) is 12.1 Å². The molecular weight excluding hydrogens is 289 g/mol. The van der Waals surface area contributed by atoms with E-state index in [9.17, 15) is 4.79 Å². The van der Waals surface area contributed by atoms with Gasteiger partial charge in [0.1, 0.15) is 0 Å². The van der Waals surface area contributed by atoms with Crippen LogP contribution in [-0.4, -0.2) is 67.2 Å². The van der Waals surface area contributed by atoms with Crippen LogP contribution in [0.4, 0.5) is 0 Å². The lowest BCUT2D eigenvalue weighted by molar-refractivity contribution is -0.137. The quantitative estimate of drug-likeness (QED) is 0.761. The van der Waals surface area contributed by atoms with Crippen molar-refractivity contribution in [3.8, 4) is 0 Å². The fourth-order valence-electron chi connectivity index (χ4n) is 1.92. The number of rotatable bonds is 5. The highest BCUT2D eigenvalue weighted by molar-refractivity contribution is 5.86. The molecule has 0 radical (unpaired) electrons. The molecule has 19 heavy (non-hydrogen) atoms. The Kier molecular flexibility index (Phi) is 10.9. The van der Waals surface area contributed by atoms with Gasteiger partial charge in [-0.05, 0) is 20.8 Å². The molecular formula is C12H27Cl2N3O2. The molecule has 0 aromatic rings. The number of carbonyl (C=O) groups excluding carboxylic acids is 1. The molecule has 0 aromatic heterocycles. The molecule has 1 heterocycles. The third-order valence-corrected chi connectivity index (χ3v) is 2.97. The van der Waals surface area contributed by atoms with E-state index >= 15 is 0 Å². The Morgan fingerprint density at radius 2 is 1.74 bits per heavy atom. The predicted octanol–water partition coefficient (Wildman–Crippen LogP) is 0.748. The first-order valence-electron chi connectivity index (χ1n) is 6.33. The number of nitrogens with two attached hydrogens (primary N) is 1. The summed E-state index contributed by atoms with van der Waals surface area (Å²) in [4.78, 5) is 16.1. The van der Waals surface area contributed by atoms with Gasteiger partial charge in [0.15, 0.2) is 0 Å². The number of hydrogen-bond acceptors (Lipinski definition) is 4. The first kappa shape index (κ1) is 21.2. The van der Waals surface area contributed by atoms with Crippen LogP contribution in [0.3, 0.4) is 0 Å². The molecule has 1 amide bonds. The zero-order valence-electron chi connectivity index (χ0n) is 12.1. The minimum absolute atomic E-state index is 0. The van der Waals surface area contributed by atoms with Crippen LogP contribution in [0.2, 0.25) is 0 Å². The molecule has 2 N–H and O–H groups in total. The van der Waals surface area contributed by atoms with E-state index in [0.29, 0.717) is 0 Å². The summed E-state index contributed by atoms with van der Waals surface area (Å²) >= 11 is 0. The van der Waals surface area contributed by atoms with E-state index in [1.165, 1.54) is 0 Å². The van der Waals surface area contributed by atoms with Crippen molar-refractivity contribution < 1.29 is 9.53 Å². The lowest BCUT2D eigenvalue weighted by atomic mass is 10.0. The topological polar surface area (TPSA) is 58.8 Å². The lowest BCUT2D eigenvalue weighted by Gasteiger charge is -2.37. The molecule has 1 saturated heterocycles. The van der Waals surface area contributed by atoms with Crippen LogP contribution in [0.5, 0.6) is 0 Å². The molecule has 0 atom stereocenters. The van der Waals surface area contributed by atoms with Crippen molar-refractivity contribution in [2.24, 2.45) is 5.73 Å². The monoisotopic (exact) mass is 315 g/mol. The molecule has 0 aromatic carbocycles. The van der Waals surface area contributed by atoms with Crippen molar-refractivity contribution in [2.75, 3.05) is 45.9 Å². The Hall–Kier alpha value is -0.0700. The van der Waals surface area contributed by atoms with E-state index in [-0.39, 0.29) is 30.7 Å². The minimum atomic E-state index is -0.756. The van der Waals surface area contributed by atoms with Gasteiger partial charge in [-0.25, -0.2) is 0 Å². The fourth-order valence-corrected chi connectivity index (χ4v) is 1.92. The number of halogens is 2. The van der Waals surface area contributed by atoms with Crippen LogP contribution in [0.1, 0.15) is 20.8 Å². The number of hydrogen-bond donors (Lipinski definition) is 1. The van der Waals surface area contributed by atoms with Gasteiger partial charge in [-0.3, -0.25) is 9.69 Å². The maximum Gasteiger partial charge on any atom is 0.242 e. The van der Waals surface area contributed by atoms with Gasteiger partial charge in [-0.2, -0.15) is 0 Å². The van der Waals surface area contributed by atoms with Crippen molar-refractivity contribution in [1.82, 2.24) is 9.80 Å². The molecule has 0 spiro atoms. The van der Waals surface area contributed by atoms with E-state index in [4.69, 9.17) is 10.5 Å². The van der Waals surface area contributed by atoms with Crippen LogP contribution in [-0.2, 0) is 9.53 Å². The van der Waals surface area contributed by atoms with Crippen LogP contribution >= 0.6 is 24.8 Å². The van der Waals surface area contributed by atoms with Crippen LogP contribution in [0.15, 0.2) is 0 Å². The van der Waals surface area contributed by atoms with Gasteiger partial charge >= 0.3 is 0 Å². The van der Waals surface area contributed by atoms with Gasteiger partial charge in [0, 0.05) is 39.3 Å². The highest BCUT2D eigenvalue weighted by Gasteiger charge is 2.29. The molecule has 1 aliphatic heterocycles. The van der Waals surface area contributed by atoms with Crippen molar-refractivity contribution in [3.63, 3.8) is 0 Å². The number of ether oxygens (including phenoxy) is 1. The second-order valence-corrected chi connectivity index (χ2v) is 5.05. The Bertz CT molecular complexity index is 252. The average molecular weight is 316 g/mol. The smallest absolute Gasteiger partial charge is 0.242 e. The third kappa shape index (κ3) is 7.32. The molecule has 7 heteroatoms. The number of carbonyl (C=O) groups is 1. The summed E-state index contributed by atoms with van der Waals surface area (Å²) in [5, 5.41) is 0. The first-order valence-corrected chi connectivity index (χ1v) is 6.33. The summed E-state index contributed by atoms with van der Waals surface area (Å²) in [6.07, 6.45) is 0. The normalized spacial score (nSPS) is 16.5. The molecule has 1 aliphatic rings. The van der Waals surface area contributed by atoms with Gasteiger partial charge in [-0.15, -0.1) is 24.8 Å². The summed E-state index contributed by atoms with van der Waals surface area (Å²) in [7, 11) is 0. The fraction of sp³-hybridized carbons (Fsp3) is 0.917. The van der Waals surface area contributed by atoms with E-state index in [2.05, 4.69) is 4.90 Å². The van der Waals surface area contributed by atoms with Crippen molar-refractivity contribution in [2.45, 2.75) is 26.3 Å². The van der Waals surface area contributed by atoms with Gasteiger partial charge in [0.25, 0.3) is 0 Å². The summed E-state index contributed by atoms with van der Waals surface area (Å²) in [6, 6.07) is 0. The van der Waals surface area contributed by atoms with Crippen molar-refractivity contribution >= 4 is 30.7 Å². The third-order valence-electron chi connectivity index (χ3n) is 2.97. The van der Waals surface area contributed by atoms with Crippen LogP contribution in [0.25, 0.3) is 0 Å². The molecule has 1 rings (SSSR count). The summed E-state index contributed by atoms with van der Waals surface area (Å²) < 4.78 is 5.32. The zero-order chi connectivity index (χ0) is 12.9. The molecule has 0 aliphatic carbocycles. The molecule has 0 bridgehead atoms. The molecule has 1 fully saturated rings. The molecule has 5 nitrogen and oxygen atoms in total. The Morgan fingerprint density at radius 1 is 1.21 bits per heavy atom.